The number of benzene rings is 1. The summed E-state index contributed by atoms with van der Waals surface area (Å²) < 4.78 is 31.6. The Morgan fingerprint density at radius 1 is 1.10 bits per heavy atom. The number of rotatable bonds is 3. The molecule has 3 fully saturated rings. The molecule has 3 saturated heterocycles. The van der Waals surface area contributed by atoms with Gasteiger partial charge in [0.2, 0.25) is 0 Å². The summed E-state index contributed by atoms with van der Waals surface area (Å²) in [6.07, 6.45) is 1.67. The minimum Gasteiger partial charge on any atom is -0.372 e. The van der Waals surface area contributed by atoms with Crippen molar-refractivity contribution in [1.82, 2.24) is 4.90 Å². The van der Waals surface area contributed by atoms with Gasteiger partial charge in [-0.2, -0.15) is 0 Å². The maximum atomic E-state index is 14.7. The normalized spacial score (nSPS) is 26.7. The van der Waals surface area contributed by atoms with Crippen molar-refractivity contribution in [3.05, 3.63) is 24.0 Å². The molecule has 1 aromatic carbocycles. The summed E-state index contributed by atoms with van der Waals surface area (Å²) in [4.78, 5) is 16.3. The van der Waals surface area contributed by atoms with E-state index < -0.39 is 0 Å². The van der Waals surface area contributed by atoms with E-state index >= 15 is 0 Å². The second-order valence-corrected chi connectivity index (χ2v) is 8.19. The first kappa shape index (κ1) is 20.4. The Kier molecular flexibility index (Phi) is 6.22. The van der Waals surface area contributed by atoms with Crippen LogP contribution in [0, 0.1) is 11.7 Å². The smallest absolute Gasteiger partial charge is 0.321 e. The van der Waals surface area contributed by atoms with Crippen LogP contribution < -0.4 is 10.2 Å². The summed E-state index contributed by atoms with van der Waals surface area (Å²) >= 11 is 0. The Morgan fingerprint density at radius 3 is 2.38 bits per heavy atom. The minimum atomic E-state index is -0.335. The van der Waals surface area contributed by atoms with Crippen LogP contribution in [0.15, 0.2) is 18.2 Å². The number of piperidine rings is 1. The number of urea groups is 1. The molecule has 0 aromatic heterocycles. The van der Waals surface area contributed by atoms with E-state index in [-0.39, 0.29) is 30.3 Å². The predicted octanol–water partition coefficient (Wildman–Crippen LogP) is 3.06. The number of hydrogen-bond acceptors (Lipinski definition) is 5. The number of anilines is 2. The maximum absolute atomic E-state index is 14.7. The number of amides is 2. The zero-order chi connectivity index (χ0) is 20.4. The molecule has 1 N–H and O–H groups in total. The topological polar surface area (TPSA) is 63.3 Å². The van der Waals surface area contributed by atoms with E-state index in [1.54, 1.807) is 17.0 Å². The molecular formula is C21H30FN3O4. The third kappa shape index (κ3) is 4.82. The zero-order valence-electron chi connectivity index (χ0n) is 17.1. The zero-order valence-corrected chi connectivity index (χ0v) is 17.1. The Hall–Kier alpha value is -1.90. The fourth-order valence-corrected chi connectivity index (χ4v) is 4.44. The molecule has 2 atom stereocenters. The third-order valence-electron chi connectivity index (χ3n) is 5.82. The van der Waals surface area contributed by atoms with Crippen molar-refractivity contribution in [1.29, 1.82) is 0 Å². The molecule has 160 valence electrons. The first-order valence-electron chi connectivity index (χ1n) is 10.5. The number of carbonyl (C=O) groups excluding carboxylic acids is 1. The van der Waals surface area contributed by atoms with Crippen LogP contribution in [0.1, 0.15) is 26.7 Å². The quantitative estimate of drug-likeness (QED) is 0.835. The monoisotopic (exact) mass is 407 g/mol. The van der Waals surface area contributed by atoms with Gasteiger partial charge in [-0.15, -0.1) is 0 Å². The van der Waals surface area contributed by atoms with Gasteiger partial charge >= 0.3 is 6.03 Å². The second-order valence-electron chi connectivity index (χ2n) is 8.19. The molecule has 0 spiro atoms. The minimum absolute atomic E-state index is 0.0560. The maximum Gasteiger partial charge on any atom is 0.321 e. The fraction of sp³-hybridized carbons (Fsp3) is 0.667. The molecule has 29 heavy (non-hydrogen) atoms. The Morgan fingerprint density at radius 2 is 1.76 bits per heavy atom. The number of hydrogen-bond donors (Lipinski definition) is 1. The number of likely N-dealkylation sites (tertiary alicyclic amines) is 1. The van der Waals surface area contributed by atoms with Gasteiger partial charge in [0, 0.05) is 37.8 Å². The van der Waals surface area contributed by atoms with Gasteiger partial charge in [0.1, 0.15) is 5.82 Å². The third-order valence-corrected chi connectivity index (χ3v) is 5.82. The first-order chi connectivity index (χ1) is 14.0. The Balaban J connectivity index is 1.32. The van der Waals surface area contributed by atoms with Crippen LogP contribution in [0.5, 0.6) is 0 Å². The van der Waals surface area contributed by atoms with Crippen LogP contribution in [-0.4, -0.2) is 68.8 Å². The average molecular weight is 407 g/mol. The highest BCUT2D eigenvalue weighted by Gasteiger charge is 2.32. The van der Waals surface area contributed by atoms with Crippen molar-refractivity contribution in [3.63, 3.8) is 0 Å². The van der Waals surface area contributed by atoms with Crippen molar-refractivity contribution < 1.29 is 23.4 Å². The van der Waals surface area contributed by atoms with Gasteiger partial charge in [0.25, 0.3) is 0 Å². The van der Waals surface area contributed by atoms with E-state index in [2.05, 4.69) is 5.32 Å². The fourth-order valence-electron chi connectivity index (χ4n) is 4.44. The van der Waals surface area contributed by atoms with Gasteiger partial charge in [-0.1, -0.05) is 0 Å². The summed E-state index contributed by atoms with van der Waals surface area (Å²) in [6, 6.07) is 4.69. The first-order valence-corrected chi connectivity index (χ1v) is 10.5. The summed E-state index contributed by atoms with van der Waals surface area (Å²) in [5, 5.41) is 2.83. The lowest BCUT2D eigenvalue weighted by Crippen LogP contribution is -2.45. The van der Waals surface area contributed by atoms with Crippen molar-refractivity contribution in [2.75, 3.05) is 49.6 Å². The van der Waals surface area contributed by atoms with Crippen molar-refractivity contribution in [2.45, 2.75) is 45.2 Å². The molecule has 2 unspecified atom stereocenters. The van der Waals surface area contributed by atoms with E-state index in [4.69, 9.17) is 14.2 Å². The summed E-state index contributed by atoms with van der Waals surface area (Å²) in [7, 11) is 0. The van der Waals surface area contributed by atoms with Crippen molar-refractivity contribution in [3.8, 4) is 0 Å². The second kappa shape index (κ2) is 8.85. The van der Waals surface area contributed by atoms with Gasteiger partial charge in [0.15, 0.2) is 6.29 Å². The van der Waals surface area contributed by atoms with Crippen LogP contribution in [0.3, 0.4) is 0 Å². The van der Waals surface area contributed by atoms with E-state index in [9.17, 15) is 9.18 Å². The summed E-state index contributed by atoms with van der Waals surface area (Å²) in [5.41, 5.74) is 1.01. The van der Waals surface area contributed by atoms with Crippen LogP contribution >= 0.6 is 0 Å². The molecule has 8 heteroatoms. The molecule has 0 bridgehead atoms. The van der Waals surface area contributed by atoms with Gasteiger partial charge in [-0.25, -0.2) is 9.18 Å². The van der Waals surface area contributed by atoms with Crippen molar-refractivity contribution in [2.24, 2.45) is 5.92 Å². The Bertz CT molecular complexity index is 710. The lowest BCUT2D eigenvalue weighted by molar-refractivity contribution is -0.0950. The van der Waals surface area contributed by atoms with E-state index in [0.29, 0.717) is 56.7 Å². The molecule has 4 rings (SSSR count). The molecule has 0 radical (unpaired) electrons. The van der Waals surface area contributed by atoms with Crippen LogP contribution in [0.25, 0.3) is 0 Å². The number of nitrogens with zero attached hydrogens (tertiary/aromatic N) is 2. The number of halogens is 1. The largest absolute Gasteiger partial charge is 0.372 e. The number of nitrogens with one attached hydrogen (secondary N) is 1. The SMILES string of the molecule is CC1CN(c2ccc(NC(=O)N3CCC(C4OCCO4)CC3)cc2F)CC(C)O1. The highest BCUT2D eigenvalue weighted by molar-refractivity contribution is 5.89. The molecule has 7 nitrogen and oxygen atoms in total. The lowest BCUT2D eigenvalue weighted by atomic mass is 9.96. The van der Waals surface area contributed by atoms with E-state index in [1.807, 2.05) is 18.7 Å². The molecular weight excluding hydrogens is 377 g/mol. The number of ether oxygens (including phenoxy) is 3. The summed E-state index contributed by atoms with van der Waals surface area (Å²) in [6.45, 7) is 7.86. The van der Waals surface area contributed by atoms with Crippen LogP contribution in [-0.2, 0) is 14.2 Å². The van der Waals surface area contributed by atoms with E-state index in [1.165, 1.54) is 6.07 Å². The van der Waals surface area contributed by atoms with Gasteiger partial charge in [-0.3, -0.25) is 0 Å². The number of morpholine rings is 1. The van der Waals surface area contributed by atoms with Gasteiger partial charge in [0.05, 0.1) is 31.1 Å². The molecule has 3 aliphatic heterocycles. The summed E-state index contributed by atoms with van der Waals surface area (Å²) in [5.74, 6) is -0.00470. The van der Waals surface area contributed by atoms with Crippen molar-refractivity contribution >= 4 is 17.4 Å². The van der Waals surface area contributed by atoms with Crippen LogP contribution in [0.4, 0.5) is 20.6 Å². The highest BCUT2D eigenvalue weighted by Crippen LogP contribution is 2.28. The molecule has 3 heterocycles. The molecule has 1 aromatic rings. The van der Waals surface area contributed by atoms with E-state index in [0.717, 1.165) is 12.8 Å². The molecule has 2 amide bonds. The van der Waals surface area contributed by atoms with Gasteiger partial charge in [-0.05, 0) is 44.9 Å². The highest BCUT2D eigenvalue weighted by atomic mass is 19.1. The molecule has 0 saturated carbocycles. The average Bonchev–Trinajstić information content (AvgIpc) is 3.22. The number of carbonyl (C=O) groups is 1. The molecule has 0 aliphatic carbocycles. The predicted molar refractivity (Wildman–Crippen MR) is 108 cm³/mol. The molecule has 3 aliphatic rings. The Labute approximate surface area is 171 Å². The van der Waals surface area contributed by atoms with Crippen LogP contribution in [0.2, 0.25) is 0 Å². The van der Waals surface area contributed by atoms with Gasteiger partial charge < -0.3 is 29.3 Å². The lowest BCUT2D eigenvalue weighted by Gasteiger charge is -2.37. The standard InChI is InChI=1S/C21H30FN3O4/c1-14-12-25(13-15(2)29-14)19-4-3-17(11-18(19)22)23-21(26)24-7-5-16(6-8-24)20-27-9-10-28-20/h3-4,11,14-16,20H,5-10,12-13H2,1-2H3,(H,23,26).